The van der Waals surface area contributed by atoms with Crippen LogP contribution in [-0.4, -0.2) is 27.3 Å². The quantitative estimate of drug-likeness (QED) is 0.731. The number of aromatic nitrogens is 3. The molecule has 3 rings (SSSR count). The van der Waals surface area contributed by atoms with E-state index >= 15 is 0 Å². The SMILES string of the molecule is O=C(NCCn1cc(-c2ccncc2)cn1)NCc1cccs1. The van der Waals surface area contributed by atoms with Crippen molar-refractivity contribution in [1.82, 2.24) is 25.4 Å². The number of thiophene rings is 1. The van der Waals surface area contributed by atoms with E-state index in [0.717, 1.165) is 16.0 Å². The monoisotopic (exact) mass is 327 g/mol. The van der Waals surface area contributed by atoms with Gasteiger partial charge in [-0.15, -0.1) is 11.3 Å². The first-order chi connectivity index (χ1) is 11.3. The first-order valence-corrected chi connectivity index (χ1v) is 8.16. The van der Waals surface area contributed by atoms with Crippen LogP contribution in [0.3, 0.4) is 0 Å². The molecule has 0 spiro atoms. The average molecular weight is 327 g/mol. The highest BCUT2D eigenvalue weighted by Gasteiger charge is 2.03. The lowest BCUT2D eigenvalue weighted by Gasteiger charge is -2.06. The van der Waals surface area contributed by atoms with Crippen molar-refractivity contribution in [2.75, 3.05) is 6.54 Å². The number of pyridine rings is 1. The van der Waals surface area contributed by atoms with Gasteiger partial charge in [-0.3, -0.25) is 9.67 Å². The van der Waals surface area contributed by atoms with Gasteiger partial charge >= 0.3 is 6.03 Å². The third kappa shape index (κ3) is 4.40. The summed E-state index contributed by atoms with van der Waals surface area (Å²) < 4.78 is 1.81. The minimum atomic E-state index is -0.167. The third-order valence-corrected chi connectivity index (χ3v) is 4.15. The molecule has 118 valence electrons. The summed E-state index contributed by atoms with van der Waals surface area (Å²) in [6.07, 6.45) is 7.28. The van der Waals surface area contributed by atoms with E-state index in [1.54, 1.807) is 23.7 Å². The zero-order valence-corrected chi connectivity index (χ0v) is 13.3. The molecule has 23 heavy (non-hydrogen) atoms. The molecular formula is C16H17N5OS. The third-order valence-electron chi connectivity index (χ3n) is 3.28. The van der Waals surface area contributed by atoms with Gasteiger partial charge in [0.25, 0.3) is 0 Å². The smallest absolute Gasteiger partial charge is 0.315 e. The Hall–Kier alpha value is -2.67. The van der Waals surface area contributed by atoms with Gasteiger partial charge in [-0.1, -0.05) is 6.07 Å². The molecule has 7 heteroatoms. The Kier molecular flexibility index (Phi) is 5.00. The zero-order valence-electron chi connectivity index (χ0n) is 12.5. The number of hydrogen-bond acceptors (Lipinski definition) is 4. The van der Waals surface area contributed by atoms with Crippen LogP contribution in [-0.2, 0) is 13.1 Å². The number of nitrogens with one attached hydrogen (secondary N) is 2. The topological polar surface area (TPSA) is 71.8 Å². The van der Waals surface area contributed by atoms with Crippen molar-refractivity contribution in [3.63, 3.8) is 0 Å². The summed E-state index contributed by atoms with van der Waals surface area (Å²) in [4.78, 5) is 16.8. The Morgan fingerprint density at radius 2 is 2.04 bits per heavy atom. The highest BCUT2D eigenvalue weighted by molar-refractivity contribution is 7.09. The predicted molar refractivity (Wildman–Crippen MR) is 90.0 cm³/mol. The van der Waals surface area contributed by atoms with Crippen molar-refractivity contribution in [3.8, 4) is 11.1 Å². The Labute approximate surface area is 138 Å². The number of hydrogen-bond donors (Lipinski definition) is 2. The van der Waals surface area contributed by atoms with E-state index in [1.807, 2.05) is 46.7 Å². The molecule has 0 aliphatic carbocycles. The van der Waals surface area contributed by atoms with E-state index < -0.39 is 0 Å². The Morgan fingerprint density at radius 1 is 1.17 bits per heavy atom. The van der Waals surface area contributed by atoms with Gasteiger partial charge in [-0.05, 0) is 29.1 Å². The number of nitrogens with zero attached hydrogens (tertiary/aromatic N) is 3. The summed E-state index contributed by atoms with van der Waals surface area (Å²) in [6.45, 7) is 1.70. The summed E-state index contributed by atoms with van der Waals surface area (Å²) in [5, 5.41) is 11.9. The van der Waals surface area contributed by atoms with Gasteiger partial charge in [0.2, 0.25) is 0 Å². The van der Waals surface area contributed by atoms with Crippen LogP contribution in [0, 0.1) is 0 Å². The minimum Gasteiger partial charge on any atom is -0.336 e. The molecule has 3 heterocycles. The maximum Gasteiger partial charge on any atom is 0.315 e. The predicted octanol–water partition coefficient (Wildman–Crippen LogP) is 2.51. The zero-order chi connectivity index (χ0) is 15.9. The fraction of sp³-hybridized carbons (Fsp3) is 0.188. The van der Waals surface area contributed by atoms with Gasteiger partial charge in [-0.25, -0.2) is 4.79 Å². The van der Waals surface area contributed by atoms with Gasteiger partial charge in [0, 0.05) is 35.6 Å². The van der Waals surface area contributed by atoms with Crippen LogP contribution in [0.4, 0.5) is 4.79 Å². The second-order valence-corrected chi connectivity index (χ2v) is 5.95. The molecule has 0 fully saturated rings. The first-order valence-electron chi connectivity index (χ1n) is 7.28. The van der Waals surface area contributed by atoms with Crippen LogP contribution < -0.4 is 10.6 Å². The Balaban J connectivity index is 1.42. The van der Waals surface area contributed by atoms with Crippen LogP contribution in [0.2, 0.25) is 0 Å². The van der Waals surface area contributed by atoms with Crippen molar-refractivity contribution in [2.45, 2.75) is 13.1 Å². The Morgan fingerprint density at radius 3 is 2.83 bits per heavy atom. The van der Waals surface area contributed by atoms with Gasteiger partial charge in [0.15, 0.2) is 0 Å². The molecule has 0 aromatic carbocycles. The molecular weight excluding hydrogens is 310 g/mol. The normalized spacial score (nSPS) is 10.4. The molecule has 3 aromatic rings. The summed E-state index contributed by atoms with van der Waals surface area (Å²) >= 11 is 1.63. The molecule has 0 radical (unpaired) electrons. The van der Waals surface area contributed by atoms with Gasteiger partial charge in [-0.2, -0.15) is 5.10 Å². The van der Waals surface area contributed by atoms with E-state index in [1.165, 1.54) is 0 Å². The van der Waals surface area contributed by atoms with E-state index in [0.29, 0.717) is 19.6 Å². The van der Waals surface area contributed by atoms with Crippen molar-refractivity contribution < 1.29 is 4.79 Å². The Bertz CT molecular complexity index is 739. The van der Waals surface area contributed by atoms with Gasteiger partial charge in [0.05, 0.1) is 19.3 Å². The molecule has 0 saturated carbocycles. The van der Waals surface area contributed by atoms with Crippen LogP contribution in [0.1, 0.15) is 4.88 Å². The molecule has 0 bridgehead atoms. The highest BCUT2D eigenvalue weighted by Crippen LogP contribution is 2.16. The standard InChI is InChI=1S/C16H17N5OS/c22-16(19-11-15-2-1-9-23-15)18-7-8-21-12-14(10-20-21)13-3-5-17-6-4-13/h1-6,9-10,12H,7-8,11H2,(H2,18,19,22). The highest BCUT2D eigenvalue weighted by atomic mass is 32.1. The second-order valence-electron chi connectivity index (χ2n) is 4.92. The number of urea groups is 1. The first kappa shape index (κ1) is 15.2. The second kappa shape index (κ2) is 7.55. The van der Waals surface area contributed by atoms with Crippen molar-refractivity contribution >= 4 is 17.4 Å². The van der Waals surface area contributed by atoms with Crippen LogP contribution >= 0.6 is 11.3 Å². The van der Waals surface area contributed by atoms with Crippen molar-refractivity contribution in [2.24, 2.45) is 0 Å². The summed E-state index contributed by atoms with van der Waals surface area (Å²) in [6, 6.07) is 7.68. The minimum absolute atomic E-state index is 0.167. The lowest BCUT2D eigenvalue weighted by molar-refractivity contribution is 0.240. The number of carbonyl (C=O) groups excluding carboxylic acids is 1. The summed E-state index contributed by atoms with van der Waals surface area (Å²) in [7, 11) is 0. The van der Waals surface area contributed by atoms with Crippen LogP contribution in [0.5, 0.6) is 0 Å². The number of amides is 2. The molecule has 0 aliphatic heterocycles. The fourth-order valence-corrected chi connectivity index (χ4v) is 2.75. The van der Waals surface area contributed by atoms with Crippen LogP contribution in [0.25, 0.3) is 11.1 Å². The molecule has 2 N–H and O–H groups in total. The fourth-order valence-electron chi connectivity index (χ4n) is 2.11. The maximum atomic E-state index is 11.7. The molecule has 0 unspecified atom stereocenters. The summed E-state index contributed by atoms with van der Waals surface area (Å²) in [5.74, 6) is 0. The van der Waals surface area contributed by atoms with E-state index in [-0.39, 0.29) is 6.03 Å². The number of rotatable bonds is 6. The van der Waals surface area contributed by atoms with Crippen molar-refractivity contribution in [1.29, 1.82) is 0 Å². The molecule has 0 saturated heterocycles. The average Bonchev–Trinajstić information content (AvgIpc) is 3.26. The molecule has 3 aromatic heterocycles. The number of carbonyl (C=O) groups is 1. The van der Waals surface area contributed by atoms with Gasteiger partial charge < -0.3 is 10.6 Å². The lowest BCUT2D eigenvalue weighted by atomic mass is 10.1. The molecule has 0 aliphatic rings. The summed E-state index contributed by atoms with van der Waals surface area (Å²) in [5.41, 5.74) is 2.11. The van der Waals surface area contributed by atoms with Crippen molar-refractivity contribution in [3.05, 3.63) is 59.3 Å². The van der Waals surface area contributed by atoms with E-state index in [2.05, 4.69) is 20.7 Å². The largest absolute Gasteiger partial charge is 0.336 e. The molecule has 6 nitrogen and oxygen atoms in total. The molecule has 0 atom stereocenters. The lowest BCUT2D eigenvalue weighted by Crippen LogP contribution is -2.36. The van der Waals surface area contributed by atoms with Gasteiger partial charge in [0.1, 0.15) is 0 Å². The maximum absolute atomic E-state index is 11.7. The van der Waals surface area contributed by atoms with E-state index in [4.69, 9.17) is 0 Å². The van der Waals surface area contributed by atoms with E-state index in [9.17, 15) is 4.79 Å². The van der Waals surface area contributed by atoms with Crippen LogP contribution in [0.15, 0.2) is 54.4 Å². The molecule has 2 amide bonds.